The van der Waals surface area contributed by atoms with Crippen molar-refractivity contribution in [1.82, 2.24) is 0 Å². The van der Waals surface area contributed by atoms with Gasteiger partial charge >= 0.3 is 98.5 Å². The van der Waals surface area contributed by atoms with Gasteiger partial charge in [0.15, 0.2) is 0 Å². The van der Waals surface area contributed by atoms with Gasteiger partial charge in [0.2, 0.25) is 0 Å². The van der Waals surface area contributed by atoms with Gasteiger partial charge in [-0.2, -0.15) is 0 Å². The van der Waals surface area contributed by atoms with Gasteiger partial charge in [-0.1, -0.05) is 0 Å². The van der Waals surface area contributed by atoms with Crippen molar-refractivity contribution in [3.8, 4) is 0 Å². The fourth-order valence-electron chi connectivity index (χ4n) is 1.42. The minimum atomic E-state index is -4.64. The van der Waals surface area contributed by atoms with E-state index in [-0.39, 0.29) is 13.0 Å². The van der Waals surface area contributed by atoms with E-state index in [1.807, 2.05) is 0 Å². The molecule has 0 aliphatic carbocycles. The first kappa shape index (κ1) is 15.4. The van der Waals surface area contributed by atoms with Crippen LogP contribution in [0.1, 0.15) is 6.42 Å². The molecule has 1 saturated heterocycles. The normalized spacial score (nSPS) is 31.8. The van der Waals surface area contributed by atoms with E-state index in [9.17, 15) is 14.6 Å². The molecule has 0 aromatic heterocycles. The Morgan fingerprint density at radius 3 is 2.53 bits per heavy atom. The molecule has 104 valence electrons. The number of phosphoric ester groups is 1. The number of aliphatic hydroxyl groups is 1. The van der Waals surface area contributed by atoms with Crippen LogP contribution < -0.4 is 0 Å². The summed E-state index contributed by atoms with van der Waals surface area (Å²) in [5, 5.41) is 9.23. The van der Waals surface area contributed by atoms with E-state index in [4.69, 9.17) is 19.0 Å². The summed E-state index contributed by atoms with van der Waals surface area (Å²) in [6.07, 6.45) is -2.96. The van der Waals surface area contributed by atoms with Crippen LogP contribution in [-0.4, -0.2) is 58.2 Å². The Labute approximate surface area is 99.2 Å². The van der Waals surface area contributed by atoms with Crippen molar-refractivity contribution in [2.75, 3.05) is 19.9 Å². The van der Waals surface area contributed by atoms with Crippen LogP contribution in [0.3, 0.4) is 0 Å². The molecule has 0 radical (unpaired) electrons. The Morgan fingerprint density at radius 2 is 2.06 bits per heavy atom. The van der Waals surface area contributed by atoms with Gasteiger partial charge in [0.1, 0.15) is 0 Å². The van der Waals surface area contributed by atoms with Crippen molar-refractivity contribution in [3.05, 3.63) is 0 Å². The van der Waals surface area contributed by atoms with Crippen LogP contribution in [0.4, 0.5) is 0 Å². The number of rotatable bonds is 5. The second-order valence-electron chi connectivity index (χ2n) is 4.26. The molecule has 1 fully saturated rings. The molecule has 0 spiro atoms. The van der Waals surface area contributed by atoms with Crippen LogP contribution in [0.5, 0.6) is 0 Å². The van der Waals surface area contributed by atoms with E-state index >= 15 is 0 Å². The summed E-state index contributed by atoms with van der Waals surface area (Å²) < 4.78 is 25.3. The number of ether oxygens (including phenoxy) is 1. The van der Waals surface area contributed by atoms with Crippen molar-refractivity contribution in [2.24, 2.45) is 0 Å². The molecule has 1 rings (SSSR count). The Kier molecular flexibility index (Phi) is 5.06. The van der Waals surface area contributed by atoms with Crippen molar-refractivity contribution < 1.29 is 38.1 Å². The molecule has 0 aromatic carbocycles. The summed E-state index contributed by atoms with van der Waals surface area (Å²) in [5.41, 5.74) is 0. The third-order valence-electron chi connectivity index (χ3n) is 2.05. The second kappa shape index (κ2) is 5.57. The Hall–Kier alpha value is 0.380. The number of hydrogen-bond donors (Lipinski definition) is 4. The van der Waals surface area contributed by atoms with Gasteiger partial charge in [-0.25, -0.2) is 0 Å². The molecular formula is C7H18O8P2. The molecule has 1 heterocycles. The fourth-order valence-corrected chi connectivity index (χ4v) is 2.56. The van der Waals surface area contributed by atoms with Crippen LogP contribution in [0.2, 0.25) is 0 Å². The summed E-state index contributed by atoms with van der Waals surface area (Å²) in [6, 6.07) is 0. The molecule has 10 heteroatoms. The van der Waals surface area contributed by atoms with E-state index in [0.29, 0.717) is 0 Å². The number of aliphatic hydroxyl groups excluding tert-OH is 1. The van der Waals surface area contributed by atoms with Crippen LogP contribution in [0, 0.1) is 0 Å². The fraction of sp³-hybridized carbons (Fsp3) is 1.00. The van der Waals surface area contributed by atoms with Gasteiger partial charge < -0.3 is 0 Å². The van der Waals surface area contributed by atoms with Crippen LogP contribution in [0.25, 0.3) is 0 Å². The number of hydrogen-bond acceptors (Lipinski definition) is 6. The van der Waals surface area contributed by atoms with Gasteiger partial charge in [0.25, 0.3) is 0 Å². The van der Waals surface area contributed by atoms with Gasteiger partial charge in [0.05, 0.1) is 0 Å². The molecular weight excluding hydrogens is 274 g/mol. The van der Waals surface area contributed by atoms with Crippen molar-refractivity contribution >= 4 is 15.5 Å². The zero-order chi connectivity index (χ0) is 13.3. The standard InChI is InChI=1S/C7H18O8P2/c1-16(2,9)13-4-6-5(3-7(8)14-6)15-17(10,11)12/h5-9,16H,3-4H2,1-2H3,(H2,10,11,12). The van der Waals surface area contributed by atoms with Crippen LogP contribution >= 0.6 is 15.5 Å². The van der Waals surface area contributed by atoms with Crippen molar-refractivity contribution in [3.63, 3.8) is 0 Å². The summed E-state index contributed by atoms with van der Waals surface area (Å²) in [6.45, 7) is 2.99. The molecule has 0 aromatic rings. The SMILES string of the molecule is C[PH](C)(O)OCC1OC(O)CC1OP(=O)(O)O. The molecule has 1 aliphatic heterocycles. The van der Waals surface area contributed by atoms with Crippen molar-refractivity contribution in [1.29, 1.82) is 0 Å². The maximum absolute atomic E-state index is 10.7. The number of phosphoric acid groups is 1. The Morgan fingerprint density at radius 1 is 1.47 bits per heavy atom. The first-order valence-corrected chi connectivity index (χ1v) is 9.39. The molecule has 4 N–H and O–H groups in total. The zero-order valence-electron chi connectivity index (χ0n) is 9.52. The zero-order valence-corrected chi connectivity index (χ0v) is 11.4. The predicted octanol–water partition coefficient (Wildman–Crippen LogP) is -0.580. The van der Waals surface area contributed by atoms with Gasteiger partial charge in [-0.15, -0.1) is 0 Å². The molecule has 17 heavy (non-hydrogen) atoms. The molecule has 3 atom stereocenters. The average molecular weight is 292 g/mol. The molecule has 3 unspecified atom stereocenters. The topological polar surface area (TPSA) is 126 Å². The van der Waals surface area contributed by atoms with E-state index < -0.39 is 34.0 Å². The second-order valence-corrected chi connectivity index (χ2v) is 8.63. The van der Waals surface area contributed by atoms with Gasteiger partial charge in [0, 0.05) is 0 Å². The van der Waals surface area contributed by atoms with E-state index in [0.717, 1.165) is 0 Å². The molecule has 0 saturated carbocycles. The summed E-state index contributed by atoms with van der Waals surface area (Å²) in [4.78, 5) is 26.8. The molecule has 8 nitrogen and oxygen atoms in total. The quantitative estimate of drug-likeness (QED) is 0.496. The summed E-state index contributed by atoms with van der Waals surface area (Å²) in [5.74, 6) is 0. The minimum absolute atomic E-state index is 0.0491. The van der Waals surface area contributed by atoms with Crippen molar-refractivity contribution in [2.45, 2.75) is 24.9 Å². The molecule has 1 aliphatic rings. The maximum atomic E-state index is 10.7. The molecule has 0 amide bonds. The third-order valence-corrected chi connectivity index (χ3v) is 3.47. The van der Waals surface area contributed by atoms with E-state index in [2.05, 4.69) is 4.52 Å². The predicted molar refractivity (Wildman–Crippen MR) is 60.7 cm³/mol. The van der Waals surface area contributed by atoms with Gasteiger partial charge in [-0.05, 0) is 0 Å². The van der Waals surface area contributed by atoms with Crippen LogP contribution in [0.15, 0.2) is 0 Å². The monoisotopic (exact) mass is 292 g/mol. The first-order chi connectivity index (χ1) is 7.57. The van der Waals surface area contributed by atoms with E-state index in [1.165, 1.54) is 13.3 Å². The van der Waals surface area contributed by atoms with Crippen LogP contribution in [-0.2, 0) is 18.3 Å². The third kappa shape index (κ3) is 6.20. The Balaban J connectivity index is 2.54. The van der Waals surface area contributed by atoms with Gasteiger partial charge in [-0.3, -0.25) is 0 Å². The molecule has 0 bridgehead atoms. The Bertz CT molecular complexity index is 297. The van der Waals surface area contributed by atoms with E-state index in [1.54, 1.807) is 0 Å². The average Bonchev–Trinajstić information content (AvgIpc) is 2.38. The summed E-state index contributed by atoms with van der Waals surface area (Å²) in [7, 11) is -7.39. The first-order valence-electron chi connectivity index (χ1n) is 5.00. The summed E-state index contributed by atoms with van der Waals surface area (Å²) >= 11 is 0.